The van der Waals surface area contributed by atoms with Crippen molar-refractivity contribution in [3.63, 3.8) is 0 Å². The van der Waals surface area contributed by atoms with Gasteiger partial charge < -0.3 is 9.80 Å². The summed E-state index contributed by atoms with van der Waals surface area (Å²) in [6.07, 6.45) is 0. The summed E-state index contributed by atoms with van der Waals surface area (Å²) in [5, 5.41) is 0.321. The summed E-state index contributed by atoms with van der Waals surface area (Å²) in [5.41, 5.74) is 1.15. The van der Waals surface area contributed by atoms with Crippen LogP contribution in [0.5, 0.6) is 0 Å². The molecular weight excluding hydrogens is 387 g/mol. The third-order valence-electron chi connectivity index (χ3n) is 4.46. The van der Waals surface area contributed by atoms with E-state index in [1.165, 1.54) is 35.5 Å². The van der Waals surface area contributed by atoms with E-state index in [9.17, 15) is 14.0 Å². The Kier molecular flexibility index (Phi) is 6.39. The number of carbonyl (C=O) groups is 2. The quantitative estimate of drug-likeness (QED) is 0.724. The van der Waals surface area contributed by atoms with E-state index in [2.05, 4.69) is 0 Å². The molecule has 0 aromatic heterocycles. The van der Waals surface area contributed by atoms with Crippen molar-refractivity contribution >= 4 is 35.2 Å². The van der Waals surface area contributed by atoms with Crippen molar-refractivity contribution in [1.82, 2.24) is 9.80 Å². The van der Waals surface area contributed by atoms with E-state index in [-0.39, 0.29) is 11.5 Å². The molecule has 142 valence electrons. The Morgan fingerprint density at radius 2 is 1.67 bits per heavy atom. The molecule has 1 fully saturated rings. The molecule has 0 aliphatic carbocycles. The van der Waals surface area contributed by atoms with Gasteiger partial charge in [-0.25, -0.2) is 4.39 Å². The van der Waals surface area contributed by atoms with Crippen molar-refractivity contribution in [2.75, 3.05) is 31.9 Å². The number of piperazine rings is 1. The fourth-order valence-electron chi connectivity index (χ4n) is 2.86. The number of amides is 2. The molecule has 1 aliphatic heterocycles. The van der Waals surface area contributed by atoms with Crippen LogP contribution >= 0.6 is 23.4 Å². The van der Waals surface area contributed by atoms with Crippen LogP contribution in [0, 0.1) is 12.7 Å². The minimum absolute atomic E-state index is 0.0304. The van der Waals surface area contributed by atoms with Crippen molar-refractivity contribution in [2.24, 2.45) is 0 Å². The Morgan fingerprint density at radius 1 is 1.04 bits per heavy atom. The van der Waals surface area contributed by atoms with Gasteiger partial charge in [0.2, 0.25) is 5.91 Å². The van der Waals surface area contributed by atoms with Crippen molar-refractivity contribution in [3.05, 3.63) is 64.4 Å². The Morgan fingerprint density at radius 3 is 2.33 bits per heavy atom. The molecule has 4 nitrogen and oxygen atoms in total. The maximum absolute atomic E-state index is 13.9. The lowest BCUT2D eigenvalue weighted by atomic mass is 10.1. The highest BCUT2D eigenvalue weighted by atomic mass is 35.5. The molecule has 0 N–H and O–H groups in total. The minimum atomic E-state index is -0.586. The molecular formula is C20H20ClFN2O2S. The van der Waals surface area contributed by atoms with Crippen LogP contribution in [0.25, 0.3) is 0 Å². The second-order valence-corrected chi connectivity index (χ2v) is 7.88. The molecule has 0 saturated carbocycles. The standard InChI is InChI=1S/C20H20ClFN2O2S/c1-14-2-5-16(6-3-14)27-13-19(25)23-8-10-24(11-9-23)20(26)17-12-15(21)4-7-18(17)22/h2-7,12H,8-11,13H2,1H3. The highest BCUT2D eigenvalue weighted by molar-refractivity contribution is 8.00. The highest BCUT2D eigenvalue weighted by Crippen LogP contribution is 2.20. The molecule has 27 heavy (non-hydrogen) atoms. The molecule has 0 atom stereocenters. The lowest BCUT2D eigenvalue weighted by Gasteiger charge is -2.34. The van der Waals surface area contributed by atoms with Gasteiger partial charge in [0.25, 0.3) is 5.91 Å². The minimum Gasteiger partial charge on any atom is -0.338 e. The van der Waals surface area contributed by atoms with E-state index >= 15 is 0 Å². The van der Waals surface area contributed by atoms with Crippen LogP contribution in [0.1, 0.15) is 15.9 Å². The molecule has 1 heterocycles. The Balaban J connectivity index is 1.52. The van der Waals surface area contributed by atoms with Crippen LogP contribution in [0.4, 0.5) is 4.39 Å². The number of hydrogen-bond acceptors (Lipinski definition) is 3. The molecule has 2 aromatic rings. The molecule has 3 rings (SSSR count). The molecule has 0 spiro atoms. The number of rotatable bonds is 4. The third kappa shape index (κ3) is 5.02. The largest absolute Gasteiger partial charge is 0.338 e. The number of halogens is 2. The number of carbonyl (C=O) groups excluding carboxylic acids is 2. The first kappa shape index (κ1) is 19.7. The highest BCUT2D eigenvalue weighted by Gasteiger charge is 2.26. The molecule has 7 heteroatoms. The smallest absolute Gasteiger partial charge is 0.257 e. The predicted molar refractivity (Wildman–Crippen MR) is 106 cm³/mol. The van der Waals surface area contributed by atoms with Gasteiger partial charge in [0, 0.05) is 36.1 Å². The van der Waals surface area contributed by atoms with Crippen molar-refractivity contribution in [1.29, 1.82) is 0 Å². The molecule has 0 unspecified atom stereocenters. The number of thioether (sulfide) groups is 1. The Labute approximate surface area is 167 Å². The van der Waals surface area contributed by atoms with E-state index < -0.39 is 11.7 Å². The first-order chi connectivity index (χ1) is 12.9. The zero-order chi connectivity index (χ0) is 19.4. The summed E-state index contributed by atoms with van der Waals surface area (Å²) < 4.78 is 13.9. The molecule has 0 bridgehead atoms. The zero-order valence-electron chi connectivity index (χ0n) is 15.0. The molecule has 2 amide bonds. The fraction of sp³-hybridized carbons (Fsp3) is 0.300. The number of hydrogen-bond donors (Lipinski definition) is 0. The summed E-state index contributed by atoms with van der Waals surface area (Å²) in [6.45, 7) is 3.68. The van der Waals surface area contributed by atoms with Crippen LogP contribution in [0.15, 0.2) is 47.4 Å². The van der Waals surface area contributed by atoms with Crippen LogP contribution in [0.3, 0.4) is 0 Å². The van der Waals surface area contributed by atoms with Gasteiger partial charge in [-0.15, -0.1) is 11.8 Å². The van der Waals surface area contributed by atoms with E-state index in [1.54, 1.807) is 9.80 Å². The van der Waals surface area contributed by atoms with Crippen molar-refractivity contribution < 1.29 is 14.0 Å². The van der Waals surface area contributed by atoms with Crippen LogP contribution in [-0.2, 0) is 4.79 Å². The number of benzene rings is 2. The second-order valence-electron chi connectivity index (χ2n) is 6.40. The summed E-state index contributed by atoms with van der Waals surface area (Å²) >= 11 is 7.37. The zero-order valence-corrected chi connectivity index (χ0v) is 16.5. The van der Waals surface area contributed by atoms with Crippen LogP contribution in [-0.4, -0.2) is 53.5 Å². The van der Waals surface area contributed by atoms with E-state index in [4.69, 9.17) is 11.6 Å². The van der Waals surface area contributed by atoms with Gasteiger partial charge in [-0.1, -0.05) is 29.3 Å². The van der Waals surface area contributed by atoms with Gasteiger partial charge in [-0.05, 0) is 37.3 Å². The predicted octanol–water partition coefficient (Wildman–Crippen LogP) is 3.86. The molecule has 2 aromatic carbocycles. The van der Waals surface area contributed by atoms with E-state index in [0.29, 0.717) is 37.0 Å². The van der Waals surface area contributed by atoms with Crippen molar-refractivity contribution in [2.45, 2.75) is 11.8 Å². The maximum atomic E-state index is 13.9. The lowest BCUT2D eigenvalue weighted by molar-refractivity contribution is -0.129. The van der Waals surface area contributed by atoms with E-state index in [1.807, 2.05) is 31.2 Å². The monoisotopic (exact) mass is 406 g/mol. The normalized spacial score (nSPS) is 14.3. The molecule has 1 aliphatic rings. The number of nitrogens with zero attached hydrogens (tertiary/aromatic N) is 2. The number of aryl methyl sites for hydroxylation is 1. The van der Waals surface area contributed by atoms with Gasteiger partial charge >= 0.3 is 0 Å². The topological polar surface area (TPSA) is 40.6 Å². The summed E-state index contributed by atoms with van der Waals surface area (Å²) in [6, 6.07) is 12.0. The average Bonchev–Trinajstić information content (AvgIpc) is 2.69. The van der Waals surface area contributed by atoms with Crippen molar-refractivity contribution in [3.8, 4) is 0 Å². The van der Waals surface area contributed by atoms with Crippen LogP contribution in [0.2, 0.25) is 5.02 Å². The summed E-state index contributed by atoms with van der Waals surface area (Å²) in [7, 11) is 0. The van der Waals surface area contributed by atoms with Gasteiger partial charge in [0.1, 0.15) is 5.82 Å². The first-order valence-electron chi connectivity index (χ1n) is 8.65. The first-order valence-corrected chi connectivity index (χ1v) is 10.0. The van der Waals surface area contributed by atoms with Gasteiger partial charge in [-0.2, -0.15) is 0 Å². The third-order valence-corrected chi connectivity index (χ3v) is 5.69. The summed E-state index contributed by atoms with van der Waals surface area (Å²) in [5.74, 6) is -0.574. The van der Waals surface area contributed by atoms with E-state index in [0.717, 1.165) is 4.90 Å². The molecule has 0 radical (unpaired) electrons. The average molecular weight is 407 g/mol. The summed E-state index contributed by atoms with van der Waals surface area (Å²) in [4.78, 5) is 29.3. The maximum Gasteiger partial charge on any atom is 0.257 e. The van der Waals surface area contributed by atoms with Gasteiger partial charge in [0.05, 0.1) is 11.3 Å². The second kappa shape index (κ2) is 8.76. The molecule has 1 saturated heterocycles. The fourth-order valence-corrected chi connectivity index (χ4v) is 3.83. The van der Waals surface area contributed by atoms with Gasteiger partial charge in [0.15, 0.2) is 0 Å². The lowest BCUT2D eigenvalue weighted by Crippen LogP contribution is -2.51. The Bertz CT molecular complexity index is 836. The van der Waals surface area contributed by atoms with Gasteiger partial charge in [-0.3, -0.25) is 9.59 Å². The SMILES string of the molecule is Cc1ccc(SCC(=O)N2CCN(C(=O)c3cc(Cl)ccc3F)CC2)cc1. The van der Waals surface area contributed by atoms with Crippen LogP contribution < -0.4 is 0 Å². The Hall–Kier alpha value is -2.05.